The molecule has 7 heteroatoms. The largest absolute Gasteiger partial charge is 0.481 e. The zero-order chi connectivity index (χ0) is 13.7. The molecule has 19 heavy (non-hydrogen) atoms. The number of nitrogens with zero attached hydrogens (tertiary/aromatic N) is 1. The maximum atomic E-state index is 11.9. The molecule has 0 saturated carbocycles. The summed E-state index contributed by atoms with van der Waals surface area (Å²) in [7, 11) is 0. The summed E-state index contributed by atoms with van der Waals surface area (Å²) in [6, 6.07) is 0. The number of anilines is 1. The third-order valence-electron chi connectivity index (χ3n) is 2.91. The molecule has 0 aliphatic carbocycles. The molecule has 0 spiro atoms. The van der Waals surface area contributed by atoms with Crippen LogP contribution in [-0.4, -0.2) is 33.5 Å². The number of carboxylic acid groups (broad SMARTS) is 1. The Labute approximate surface area is 119 Å². The maximum Gasteiger partial charge on any atom is 0.303 e. The van der Waals surface area contributed by atoms with Gasteiger partial charge in [0.2, 0.25) is 5.91 Å². The Morgan fingerprint density at radius 1 is 1.53 bits per heavy atom. The Morgan fingerprint density at radius 3 is 3.05 bits per heavy atom. The number of rotatable bonds is 6. The average Bonchev–Trinajstić information content (AvgIpc) is 2.99. The molecule has 2 rings (SSSR count). The highest BCUT2D eigenvalue weighted by atomic mass is 32.2. The Hall–Kier alpha value is -1.08. The van der Waals surface area contributed by atoms with E-state index in [1.165, 1.54) is 11.3 Å². The fourth-order valence-electron chi connectivity index (χ4n) is 1.85. The van der Waals surface area contributed by atoms with Crippen LogP contribution in [0.25, 0.3) is 0 Å². The van der Waals surface area contributed by atoms with Gasteiger partial charge in [-0.25, -0.2) is 4.98 Å². The molecule has 0 radical (unpaired) electrons. The van der Waals surface area contributed by atoms with E-state index in [1.807, 2.05) is 5.38 Å². The molecule has 1 amide bonds. The summed E-state index contributed by atoms with van der Waals surface area (Å²) < 4.78 is 0. The second-order valence-electron chi connectivity index (χ2n) is 4.44. The third-order valence-corrected chi connectivity index (χ3v) is 4.87. The Balaban J connectivity index is 1.79. The van der Waals surface area contributed by atoms with Gasteiger partial charge in [-0.3, -0.25) is 9.59 Å². The first-order valence-electron chi connectivity index (χ1n) is 6.20. The van der Waals surface area contributed by atoms with Crippen LogP contribution in [0.5, 0.6) is 0 Å². The number of nitrogens with one attached hydrogen (secondary N) is 1. The van der Waals surface area contributed by atoms with Gasteiger partial charge in [-0.05, 0) is 25.0 Å². The predicted octanol–water partition coefficient (Wildman–Crippen LogP) is 2.24. The lowest BCUT2D eigenvalue weighted by Gasteiger charge is -2.06. The highest BCUT2D eigenvalue weighted by Gasteiger charge is 2.23. The van der Waals surface area contributed by atoms with Crippen LogP contribution >= 0.6 is 23.1 Å². The lowest BCUT2D eigenvalue weighted by atomic mass is 10.1. The summed E-state index contributed by atoms with van der Waals surface area (Å²) in [6.07, 6.45) is 2.30. The minimum absolute atomic E-state index is 0.0523. The number of carboxylic acids is 1. The molecule has 0 aromatic carbocycles. The summed E-state index contributed by atoms with van der Waals surface area (Å²) in [6.45, 7) is 0. The van der Waals surface area contributed by atoms with Gasteiger partial charge in [-0.15, -0.1) is 11.3 Å². The van der Waals surface area contributed by atoms with Crippen molar-refractivity contribution in [1.82, 2.24) is 4.98 Å². The van der Waals surface area contributed by atoms with Gasteiger partial charge < -0.3 is 10.4 Å². The van der Waals surface area contributed by atoms with Gasteiger partial charge in [0.05, 0.1) is 5.69 Å². The van der Waals surface area contributed by atoms with Gasteiger partial charge in [-0.1, -0.05) is 0 Å². The van der Waals surface area contributed by atoms with Gasteiger partial charge in [0.1, 0.15) is 0 Å². The van der Waals surface area contributed by atoms with Crippen LogP contribution in [0.4, 0.5) is 5.13 Å². The van der Waals surface area contributed by atoms with Crippen molar-refractivity contribution in [2.75, 3.05) is 16.8 Å². The van der Waals surface area contributed by atoms with E-state index in [1.54, 1.807) is 11.8 Å². The zero-order valence-electron chi connectivity index (χ0n) is 10.4. The van der Waals surface area contributed by atoms with Crippen molar-refractivity contribution >= 4 is 40.1 Å². The van der Waals surface area contributed by atoms with E-state index >= 15 is 0 Å². The van der Waals surface area contributed by atoms with Crippen LogP contribution in [0.15, 0.2) is 5.38 Å². The average molecular weight is 300 g/mol. The van der Waals surface area contributed by atoms with Crippen molar-refractivity contribution in [3.63, 3.8) is 0 Å². The molecule has 1 saturated heterocycles. The van der Waals surface area contributed by atoms with E-state index in [0.29, 0.717) is 18.0 Å². The summed E-state index contributed by atoms with van der Waals surface area (Å²) in [5.41, 5.74) is 0.849. The normalized spacial score (nSPS) is 18.4. The van der Waals surface area contributed by atoms with E-state index in [4.69, 9.17) is 5.11 Å². The van der Waals surface area contributed by atoms with E-state index in [0.717, 1.165) is 23.6 Å². The number of hydrogen-bond acceptors (Lipinski definition) is 5. The molecular weight excluding hydrogens is 284 g/mol. The minimum atomic E-state index is -0.789. The van der Waals surface area contributed by atoms with Gasteiger partial charge in [-0.2, -0.15) is 11.8 Å². The third kappa shape index (κ3) is 4.50. The molecule has 1 atom stereocenters. The molecule has 2 heterocycles. The lowest BCUT2D eigenvalue weighted by molar-refractivity contribution is -0.137. The topological polar surface area (TPSA) is 79.3 Å². The lowest BCUT2D eigenvalue weighted by Crippen LogP contribution is -2.22. The molecule has 1 aromatic heterocycles. The van der Waals surface area contributed by atoms with Crippen molar-refractivity contribution in [2.24, 2.45) is 5.92 Å². The number of carbonyl (C=O) groups is 2. The van der Waals surface area contributed by atoms with Gasteiger partial charge >= 0.3 is 5.97 Å². The number of thioether (sulfide) groups is 1. The van der Waals surface area contributed by atoms with Crippen LogP contribution in [0.1, 0.15) is 25.0 Å². The van der Waals surface area contributed by atoms with Gasteiger partial charge in [0.25, 0.3) is 0 Å². The first-order chi connectivity index (χ1) is 9.15. The monoisotopic (exact) mass is 300 g/mol. The standard InChI is InChI=1S/C12H16N2O3S2/c15-10(16)3-1-2-9-7-19-12(13-9)14-11(17)8-4-5-18-6-8/h7-8H,1-6H2,(H,15,16)(H,13,14,17). The predicted molar refractivity (Wildman–Crippen MR) is 76.7 cm³/mol. The number of amides is 1. The number of aryl methyl sites for hydroxylation is 1. The molecule has 1 fully saturated rings. The van der Waals surface area contributed by atoms with Crippen LogP contribution in [0.3, 0.4) is 0 Å². The van der Waals surface area contributed by atoms with Crippen LogP contribution in [-0.2, 0) is 16.0 Å². The molecule has 1 aliphatic heterocycles. The Morgan fingerprint density at radius 2 is 2.37 bits per heavy atom. The van der Waals surface area contributed by atoms with E-state index in [9.17, 15) is 9.59 Å². The van der Waals surface area contributed by atoms with E-state index in [-0.39, 0.29) is 18.2 Å². The van der Waals surface area contributed by atoms with Crippen LogP contribution in [0, 0.1) is 5.92 Å². The zero-order valence-corrected chi connectivity index (χ0v) is 12.1. The summed E-state index contributed by atoms with van der Waals surface area (Å²) in [4.78, 5) is 26.6. The fourth-order valence-corrected chi connectivity index (χ4v) is 3.82. The first kappa shape index (κ1) is 14.3. The van der Waals surface area contributed by atoms with Crippen LogP contribution in [0.2, 0.25) is 0 Å². The number of carbonyl (C=O) groups excluding carboxylic acids is 1. The maximum absolute atomic E-state index is 11.9. The Kier molecular flexibility index (Phi) is 5.21. The number of aromatic nitrogens is 1. The Bertz CT molecular complexity index is 456. The summed E-state index contributed by atoms with van der Waals surface area (Å²) >= 11 is 3.20. The van der Waals surface area contributed by atoms with Crippen molar-refractivity contribution in [1.29, 1.82) is 0 Å². The van der Waals surface area contributed by atoms with E-state index < -0.39 is 5.97 Å². The molecule has 0 bridgehead atoms. The quantitative estimate of drug-likeness (QED) is 0.842. The van der Waals surface area contributed by atoms with Gasteiger partial charge in [0.15, 0.2) is 5.13 Å². The summed E-state index contributed by atoms with van der Waals surface area (Å²) in [5.74, 6) is 1.31. The number of thiazole rings is 1. The smallest absolute Gasteiger partial charge is 0.303 e. The molecule has 1 aliphatic rings. The fraction of sp³-hybridized carbons (Fsp3) is 0.583. The molecule has 2 N–H and O–H groups in total. The van der Waals surface area contributed by atoms with Crippen molar-refractivity contribution in [3.8, 4) is 0 Å². The van der Waals surface area contributed by atoms with Crippen LogP contribution < -0.4 is 5.32 Å². The SMILES string of the molecule is O=C(O)CCCc1csc(NC(=O)C2CCSC2)n1. The minimum Gasteiger partial charge on any atom is -0.481 e. The van der Waals surface area contributed by atoms with E-state index in [2.05, 4.69) is 10.3 Å². The summed E-state index contributed by atoms with van der Waals surface area (Å²) in [5, 5.41) is 13.9. The van der Waals surface area contributed by atoms with Gasteiger partial charge in [0, 0.05) is 23.5 Å². The highest BCUT2D eigenvalue weighted by Crippen LogP contribution is 2.25. The molecule has 1 aromatic rings. The molecule has 5 nitrogen and oxygen atoms in total. The molecule has 104 valence electrons. The molecular formula is C12H16N2O3S2. The number of aliphatic carboxylic acids is 1. The molecule has 1 unspecified atom stereocenters. The van der Waals surface area contributed by atoms with Crippen molar-refractivity contribution < 1.29 is 14.7 Å². The van der Waals surface area contributed by atoms with Crippen molar-refractivity contribution in [3.05, 3.63) is 11.1 Å². The first-order valence-corrected chi connectivity index (χ1v) is 8.23. The second-order valence-corrected chi connectivity index (χ2v) is 6.45. The number of hydrogen-bond donors (Lipinski definition) is 2. The van der Waals surface area contributed by atoms with Crippen molar-refractivity contribution in [2.45, 2.75) is 25.7 Å². The second kappa shape index (κ2) is 6.91. The highest BCUT2D eigenvalue weighted by molar-refractivity contribution is 7.99.